The van der Waals surface area contributed by atoms with Gasteiger partial charge < -0.3 is 9.53 Å². The van der Waals surface area contributed by atoms with Gasteiger partial charge in [-0.25, -0.2) is 0 Å². The summed E-state index contributed by atoms with van der Waals surface area (Å²) in [5, 5.41) is 8.61. The molecule has 5 aromatic rings. The van der Waals surface area contributed by atoms with Crippen LogP contribution in [0.15, 0.2) is 82.8 Å². The van der Waals surface area contributed by atoms with Crippen LogP contribution in [0.4, 0.5) is 0 Å². The number of rotatable bonds is 5. The van der Waals surface area contributed by atoms with Gasteiger partial charge in [0.1, 0.15) is 12.0 Å². The highest BCUT2D eigenvalue weighted by Crippen LogP contribution is 2.37. The average Bonchev–Trinajstić information content (AvgIpc) is 3.34. The number of pyridine rings is 1. The standard InChI is InChI=1S/C26H21N5O2S/c32-17-26(9-12-33-13-10-26)18-4-3-5-19(14-18)34-20-7-8-23-22(15-20)28-16-24-29-30-25(31(23)24)21-6-1-2-11-27-21/h1-8,11,14-17H,9-10,12-13H2. The Kier molecular flexibility index (Phi) is 5.31. The number of aldehydes is 1. The van der Waals surface area contributed by atoms with Crippen LogP contribution in [-0.2, 0) is 14.9 Å². The molecule has 1 fully saturated rings. The summed E-state index contributed by atoms with van der Waals surface area (Å²) in [6.45, 7) is 1.23. The van der Waals surface area contributed by atoms with E-state index in [0.29, 0.717) is 24.7 Å². The number of fused-ring (bicyclic) bond motifs is 3. The van der Waals surface area contributed by atoms with E-state index in [1.54, 1.807) is 24.2 Å². The van der Waals surface area contributed by atoms with E-state index in [0.717, 1.165) is 51.2 Å². The fourth-order valence-corrected chi connectivity index (χ4v) is 5.39. The molecule has 8 heteroatoms. The van der Waals surface area contributed by atoms with Crippen molar-refractivity contribution >= 4 is 34.7 Å². The zero-order valence-corrected chi connectivity index (χ0v) is 19.1. The molecule has 0 spiro atoms. The minimum atomic E-state index is -0.457. The van der Waals surface area contributed by atoms with Crippen molar-refractivity contribution in [2.45, 2.75) is 28.0 Å². The predicted molar refractivity (Wildman–Crippen MR) is 130 cm³/mol. The van der Waals surface area contributed by atoms with Gasteiger partial charge in [-0.2, -0.15) is 0 Å². The molecule has 2 aromatic carbocycles. The molecule has 7 nitrogen and oxygen atoms in total. The SMILES string of the molecule is O=CC1(c2cccc(Sc3ccc4c(c3)ncc3nnc(-c5ccccn5)n34)c2)CCOCC1. The maximum atomic E-state index is 12.0. The van der Waals surface area contributed by atoms with Crippen molar-refractivity contribution in [3.05, 3.63) is 78.6 Å². The van der Waals surface area contributed by atoms with E-state index in [1.165, 1.54) is 0 Å². The van der Waals surface area contributed by atoms with E-state index >= 15 is 0 Å². The minimum Gasteiger partial charge on any atom is -0.381 e. The fraction of sp³-hybridized carbons (Fsp3) is 0.192. The van der Waals surface area contributed by atoms with E-state index in [1.807, 2.05) is 40.8 Å². The summed E-state index contributed by atoms with van der Waals surface area (Å²) >= 11 is 1.66. The van der Waals surface area contributed by atoms with Crippen LogP contribution < -0.4 is 0 Å². The molecule has 1 saturated heterocycles. The zero-order chi connectivity index (χ0) is 23.0. The summed E-state index contributed by atoms with van der Waals surface area (Å²) in [4.78, 5) is 23.2. The van der Waals surface area contributed by atoms with Crippen molar-refractivity contribution in [3.8, 4) is 11.5 Å². The monoisotopic (exact) mass is 467 g/mol. The Bertz CT molecular complexity index is 1500. The lowest BCUT2D eigenvalue weighted by Gasteiger charge is -2.32. The molecule has 0 saturated carbocycles. The average molecular weight is 468 g/mol. The number of nitrogens with zero attached hydrogens (tertiary/aromatic N) is 5. The van der Waals surface area contributed by atoms with Gasteiger partial charge in [0.05, 0.1) is 22.6 Å². The lowest BCUT2D eigenvalue weighted by molar-refractivity contribution is -0.115. The third-order valence-electron chi connectivity index (χ3n) is 6.34. The molecule has 0 amide bonds. The van der Waals surface area contributed by atoms with Crippen molar-refractivity contribution in [2.75, 3.05) is 13.2 Å². The van der Waals surface area contributed by atoms with E-state index in [2.05, 4.69) is 44.4 Å². The maximum absolute atomic E-state index is 12.0. The number of carbonyl (C=O) groups excluding carboxylic acids is 1. The largest absolute Gasteiger partial charge is 0.381 e. The normalized spacial score (nSPS) is 15.5. The first-order chi connectivity index (χ1) is 16.8. The number of hydrogen-bond acceptors (Lipinski definition) is 7. The first-order valence-corrected chi connectivity index (χ1v) is 12.0. The second kappa shape index (κ2) is 8.62. The topological polar surface area (TPSA) is 82.3 Å². The van der Waals surface area contributed by atoms with Gasteiger partial charge in [0.2, 0.25) is 0 Å². The smallest absolute Gasteiger partial charge is 0.187 e. The van der Waals surface area contributed by atoms with E-state index < -0.39 is 5.41 Å². The van der Waals surface area contributed by atoms with Crippen LogP contribution in [0.3, 0.4) is 0 Å². The molecule has 4 heterocycles. The summed E-state index contributed by atoms with van der Waals surface area (Å²) in [6, 6.07) is 20.2. The molecule has 0 radical (unpaired) electrons. The van der Waals surface area contributed by atoms with Gasteiger partial charge in [-0.05, 0) is 60.9 Å². The van der Waals surface area contributed by atoms with Crippen LogP contribution in [0.5, 0.6) is 0 Å². The number of ether oxygens (including phenoxy) is 1. The summed E-state index contributed by atoms with van der Waals surface area (Å²) in [5.41, 5.74) is 3.80. The summed E-state index contributed by atoms with van der Waals surface area (Å²) in [6.07, 6.45) is 6.02. The van der Waals surface area contributed by atoms with E-state index in [9.17, 15) is 4.79 Å². The number of benzene rings is 2. The zero-order valence-electron chi connectivity index (χ0n) is 18.3. The highest BCUT2D eigenvalue weighted by molar-refractivity contribution is 7.99. The molecular weight excluding hydrogens is 446 g/mol. The van der Waals surface area contributed by atoms with Gasteiger partial charge in [0, 0.05) is 29.2 Å². The predicted octanol–water partition coefficient (Wildman–Crippen LogP) is 4.74. The summed E-state index contributed by atoms with van der Waals surface area (Å²) in [7, 11) is 0. The number of hydrogen-bond donors (Lipinski definition) is 0. The van der Waals surface area contributed by atoms with Crippen molar-refractivity contribution in [2.24, 2.45) is 0 Å². The van der Waals surface area contributed by atoms with Gasteiger partial charge >= 0.3 is 0 Å². The Morgan fingerprint density at radius 1 is 0.941 bits per heavy atom. The second-order valence-electron chi connectivity index (χ2n) is 8.36. The molecule has 34 heavy (non-hydrogen) atoms. The molecule has 0 aliphatic carbocycles. The molecule has 0 atom stereocenters. The summed E-state index contributed by atoms with van der Waals surface area (Å²) < 4.78 is 7.48. The Morgan fingerprint density at radius 2 is 1.82 bits per heavy atom. The van der Waals surface area contributed by atoms with Crippen LogP contribution in [0.2, 0.25) is 0 Å². The summed E-state index contributed by atoms with van der Waals surface area (Å²) in [5.74, 6) is 0.687. The highest BCUT2D eigenvalue weighted by atomic mass is 32.2. The van der Waals surface area contributed by atoms with Crippen molar-refractivity contribution in [1.29, 1.82) is 0 Å². The third-order valence-corrected chi connectivity index (χ3v) is 7.32. The molecule has 1 aliphatic rings. The maximum Gasteiger partial charge on any atom is 0.187 e. The minimum absolute atomic E-state index is 0.457. The lowest BCUT2D eigenvalue weighted by Crippen LogP contribution is -2.35. The Morgan fingerprint density at radius 3 is 2.65 bits per heavy atom. The second-order valence-corrected chi connectivity index (χ2v) is 9.50. The first kappa shape index (κ1) is 20.9. The van der Waals surface area contributed by atoms with Gasteiger partial charge in [0.25, 0.3) is 0 Å². The third kappa shape index (κ3) is 3.65. The quantitative estimate of drug-likeness (QED) is 0.345. The molecule has 3 aromatic heterocycles. The molecule has 6 rings (SSSR count). The molecular formula is C26H21N5O2S. The highest BCUT2D eigenvalue weighted by Gasteiger charge is 2.34. The van der Waals surface area contributed by atoms with Crippen LogP contribution in [-0.4, -0.2) is 44.1 Å². The van der Waals surface area contributed by atoms with E-state index in [-0.39, 0.29) is 0 Å². The van der Waals surface area contributed by atoms with Crippen molar-refractivity contribution < 1.29 is 9.53 Å². The van der Waals surface area contributed by atoms with Gasteiger partial charge in [-0.3, -0.25) is 14.4 Å². The Labute approximate surface area is 200 Å². The molecule has 168 valence electrons. The van der Waals surface area contributed by atoms with Gasteiger partial charge in [0.15, 0.2) is 11.5 Å². The number of aromatic nitrogens is 5. The fourth-order valence-electron chi connectivity index (χ4n) is 4.48. The van der Waals surface area contributed by atoms with Crippen LogP contribution in [0.25, 0.3) is 28.2 Å². The van der Waals surface area contributed by atoms with Gasteiger partial charge in [-0.15, -0.1) is 10.2 Å². The molecule has 1 aliphatic heterocycles. The van der Waals surface area contributed by atoms with Crippen LogP contribution >= 0.6 is 11.8 Å². The first-order valence-electron chi connectivity index (χ1n) is 11.1. The van der Waals surface area contributed by atoms with E-state index in [4.69, 9.17) is 4.74 Å². The van der Waals surface area contributed by atoms with Crippen molar-refractivity contribution in [3.63, 3.8) is 0 Å². The van der Waals surface area contributed by atoms with Crippen LogP contribution in [0.1, 0.15) is 18.4 Å². The van der Waals surface area contributed by atoms with Gasteiger partial charge in [-0.1, -0.05) is 30.0 Å². The number of carbonyl (C=O) groups is 1. The Hall–Kier alpha value is -3.62. The van der Waals surface area contributed by atoms with Crippen LogP contribution in [0, 0.1) is 0 Å². The molecule has 0 N–H and O–H groups in total. The Balaban J connectivity index is 1.36. The van der Waals surface area contributed by atoms with Crippen molar-refractivity contribution in [1.82, 2.24) is 24.6 Å². The molecule has 0 bridgehead atoms. The lowest BCUT2D eigenvalue weighted by atomic mass is 9.75. The molecule has 0 unspecified atom stereocenters.